The highest BCUT2D eigenvalue weighted by molar-refractivity contribution is 5.77. The predicted octanol–water partition coefficient (Wildman–Crippen LogP) is 1.79. The highest BCUT2D eigenvalue weighted by Gasteiger charge is 2.18. The fourth-order valence-electron chi connectivity index (χ4n) is 1.80. The molecule has 106 valence electrons. The summed E-state index contributed by atoms with van der Waals surface area (Å²) >= 11 is 0. The van der Waals surface area contributed by atoms with E-state index in [4.69, 9.17) is 10.5 Å². The number of hydrogen-bond donors (Lipinski definition) is 2. The van der Waals surface area contributed by atoms with E-state index in [-0.39, 0.29) is 11.4 Å². The number of rotatable bonds is 6. The lowest BCUT2D eigenvalue weighted by Gasteiger charge is -2.24. The standard InChI is InChI=1S/C15H24N2O2/c1-11-5-6-12(13(9-11)19-4)7-8-14(18)17-15(2,3)10-16/h5-6,9H,7-8,10,16H2,1-4H3,(H,17,18). The van der Waals surface area contributed by atoms with Crippen LogP contribution in [0, 0.1) is 6.92 Å². The second-order valence-electron chi connectivity index (χ2n) is 5.45. The Morgan fingerprint density at radius 2 is 2.11 bits per heavy atom. The van der Waals surface area contributed by atoms with E-state index >= 15 is 0 Å². The molecular formula is C15H24N2O2. The monoisotopic (exact) mass is 264 g/mol. The first-order chi connectivity index (χ1) is 8.88. The molecule has 1 aromatic rings. The Kier molecular flexibility index (Phi) is 5.36. The zero-order chi connectivity index (χ0) is 14.5. The average Bonchev–Trinajstić information content (AvgIpc) is 2.36. The molecule has 3 N–H and O–H groups in total. The topological polar surface area (TPSA) is 64.3 Å². The summed E-state index contributed by atoms with van der Waals surface area (Å²) in [4.78, 5) is 11.8. The van der Waals surface area contributed by atoms with Crippen LogP contribution < -0.4 is 15.8 Å². The maximum atomic E-state index is 11.8. The molecule has 0 aliphatic carbocycles. The lowest BCUT2D eigenvalue weighted by Crippen LogP contribution is -2.48. The van der Waals surface area contributed by atoms with Crippen molar-refractivity contribution in [3.05, 3.63) is 29.3 Å². The minimum Gasteiger partial charge on any atom is -0.496 e. The molecule has 0 saturated carbocycles. The summed E-state index contributed by atoms with van der Waals surface area (Å²) in [6.45, 7) is 6.27. The summed E-state index contributed by atoms with van der Waals surface area (Å²) in [5.41, 5.74) is 7.43. The Bertz CT molecular complexity index is 442. The Morgan fingerprint density at radius 1 is 1.42 bits per heavy atom. The van der Waals surface area contributed by atoms with Crippen LogP contribution in [0.25, 0.3) is 0 Å². The lowest BCUT2D eigenvalue weighted by molar-refractivity contribution is -0.122. The fraction of sp³-hybridized carbons (Fsp3) is 0.533. The molecule has 1 rings (SSSR count). The number of amides is 1. The van der Waals surface area contributed by atoms with E-state index in [1.54, 1.807) is 7.11 Å². The Morgan fingerprint density at radius 3 is 2.68 bits per heavy atom. The minimum absolute atomic E-state index is 0.0121. The molecule has 0 spiro atoms. The second-order valence-corrected chi connectivity index (χ2v) is 5.45. The van der Waals surface area contributed by atoms with Crippen molar-refractivity contribution in [3.63, 3.8) is 0 Å². The number of nitrogens with two attached hydrogens (primary N) is 1. The van der Waals surface area contributed by atoms with Gasteiger partial charge in [0.05, 0.1) is 7.11 Å². The van der Waals surface area contributed by atoms with Gasteiger partial charge < -0.3 is 15.8 Å². The van der Waals surface area contributed by atoms with Crippen molar-refractivity contribution in [2.24, 2.45) is 5.73 Å². The molecule has 0 aliphatic heterocycles. The van der Waals surface area contributed by atoms with Gasteiger partial charge >= 0.3 is 0 Å². The number of hydrogen-bond acceptors (Lipinski definition) is 3. The number of aryl methyl sites for hydroxylation is 2. The fourth-order valence-corrected chi connectivity index (χ4v) is 1.80. The third-order valence-corrected chi connectivity index (χ3v) is 3.05. The molecule has 4 nitrogen and oxygen atoms in total. The summed E-state index contributed by atoms with van der Waals surface area (Å²) in [6, 6.07) is 6.02. The van der Waals surface area contributed by atoms with Crippen LogP contribution in [0.4, 0.5) is 0 Å². The smallest absolute Gasteiger partial charge is 0.220 e. The summed E-state index contributed by atoms with van der Waals surface area (Å²) in [6.07, 6.45) is 1.10. The van der Waals surface area contributed by atoms with Gasteiger partial charge in [-0.2, -0.15) is 0 Å². The highest BCUT2D eigenvalue weighted by atomic mass is 16.5. The third kappa shape index (κ3) is 4.91. The van der Waals surface area contributed by atoms with Crippen LogP contribution in [0.3, 0.4) is 0 Å². The number of nitrogens with one attached hydrogen (secondary N) is 1. The van der Waals surface area contributed by atoms with E-state index in [9.17, 15) is 4.79 Å². The quantitative estimate of drug-likeness (QED) is 0.823. The van der Waals surface area contributed by atoms with Gasteiger partial charge in [0.25, 0.3) is 0 Å². The normalized spacial score (nSPS) is 11.2. The molecule has 0 unspecified atom stereocenters. The van der Waals surface area contributed by atoms with Crippen molar-refractivity contribution in [2.75, 3.05) is 13.7 Å². The van der Waals surface area contributed by atoms with Gasteiger partial charge in [-0.15, -0.1) is 0 Å². The number of benzene rings is 1. The van der Waals surface area contributed by atoms with Crippen LogP contribution in [0.5, 0.6) is 5.75 Å². The molecular weight excluding hydrogens is 240 g/mol. The maximum absolute atomic E-state index is 11.8. The minimum atomic E-state index is -0.353. The molecule has 0 saturated heterocycles. The van der Waals surface area contributed by atoms with E-state index < -0.39 is 0 Å². The summed E-state index contributed by atoms with van der Waals surface area (Å²) in [5.74, 6) is 0.851. The molecule has 0 heterocycles. The molecule has 4 heteroatoms. The molecule has 1 amide bonds. The average molecular weight is 264 g/mol. The van der Waals surface area contributed by atoms with Crippen molar-refractivity contribution >= 4 is 5.91 Å². The van der Waals surface area contributed by atoms with Crippen LogP contribution in [0.2, 0.25) is 0 Å². The van der Waals surface area contributed by atoms with E-state index in [1.807, 2.05) is 39.0 Å². The first-order valence-electron chi connectivity index (χ1n) is 6.52. The summed E-state index contributed by atoms with van der Waals surface area (Å²) in [5, 5.41) is 2.92. The highest BCUT2D eigenvalue weighted by Crippen LogP contribution is 2.21. The van der Waals surface area contributed by atoms with Crippen LogP contribution in [-0.4, -0.2) is 25.1 Å². The largest absolute Gasteiger partial charge is 0.496 e. The molecule has 0 aliphatic rings. The summed E-state index contributed by atoms with van der Waals surface area (Å²) in [7, 11) is 1.65. The second kappa shape index (κ2) is 6.57. The lowest BCUT2D eigenvalue weighted by atomic mass is 10.0. The molecule has 0 bridgehead atoms. The van der Waals surface area contributed by atoms with Crippen molar-refractivity contribution in [2.45, 2.75) is 39.2 Å². The first kappa shape index (κ1) is 15.5. The first-order valence-corrected chi connectivity index (χ1v) is 6.52. The molecule has 19 heavy (non-hydrogen) atoms. The number of carbonyl (C=O) groups excluding carboxylic acids is 1. The zero-order valence-electron chi connectivity index (χ0n) is 12.2. The molecule has 0 atom stereocenters. The van der Waals surface area contributed by atoms with Crippen molar-refractivity contribution in [1.29, 1.82) is 0 Å². The van der Waals surface area contributed by atoms with Gasteiger partial charge in [0.15, 0.2) is 0 Å². The van der Waals surface area contributed by atoms with Crippen LogP contribution in [0.15, 0.2) is 18.2 Å². The van der Waals surface area contributed by atoms with Crippen molar-refractivity contribution in [3.8, 4) is 5.75 Å². The zero-order valence-corrected chi connectivity index (χ0v) is 12.2. The number of methoxy groups -OCH3 is 1. The predicted molar refractivity (Wildman–Crippen MR) is 77.3 cm³/mol. The molecule has 0 fully saturated rings. The van der Waals surface area contributed by atoms with Gasteiger partial charge in [-0.25, -0.2) is 0 Å². The van der Waals surface area contributed by atoms with E-state index in [0.29, 0.717) is 19.4 Å². The third-order valence-electron chi connectivity index (χ3n) is 3.05. The van der Waals surface area contributed by atoms with Crippen molar-refractivity contribution < 1.29 is 9.53 Å². The van der Waals surface area contributed by atoms with Gasteiger partial charge in [0.2, 0.25) is 5.91 Å². The Labute approximate surface area is 115 Å². The number of carbonyl (C=O) groups is 1. The Balaban J connectivity index is 2.60. The SMILES string of the molecule is COc1cc(C)ccc1CCC(=O)NC(C)(C)CN. The van der Waals surface area contributed by atoms with Crippen LogP contribution in [-0.2, 0) is 11.2 Å². The number of ether oxygens (including phenoxy) is 1. The van der Waals surface area contributed by atoms with Gasteiger partial charge in [0, 0.05) is 18.5 Å². The summed E-state index contributed by atoms with van der Waals surface area (Å²) < 4.78 is 5.33. The molecule has 0 radical (unpaired) electrons. The van der Waals surface area contributed by atoms with Crippen LogP contribution in [0.1, 0.15) is 31.4 Å². The maximum Gasteiger partial charge on any atom is 0.220 e. The van der Waals surface area contributed by atoms with Gasteiger partial charge in [-0.05, 0) is 44.4 Å². The Hall–Kier alpha value is -1.55. The molecule has 0 aromatic heterocycles. The van der Waals surface area contributed by atoms with E-state index in [1.165, 1.54) is 0 Å². The molecule has 1 aromatic carbocycles. The van der Waals surface area contributed by atoms with Gasteiger partial charge in [0.1, 0.15) is 5.75 Å². The van der Waals surface area contributed by atoms with Gasteiger partial charge in [-0.1, -0.05) is 12.1 Å². The van der Waals surface area contributed by atoms with Crippen molar-refractivity contribution in [1.82, 2.24) is 5.32 Å². The van der Waals surface area contributed by atoms with E-state index in [2.05, 4.69) is 5.32 Å². The van der Waals surface area contributed by atoms with E-state index in [0.717, 1.165) is 16.9 Å². The van der Waals surface area contributed by atoms with Gasteiger partial charge in [-0.3, -0.25) is 4.79 Å². The van der Waals surface area contributed by atoms with Crippen LogP contribution >= 0.6 is 0 Å².